The molecule has 15 heavy (non-hydrogen) atoms. The van der Waals surface area contributed by atoms with E-state index in [4.69, 9.17) is 0 Å². The van der Waals surface area contributed by atoms with E-state index in [-0.39, 0.29) is 17.0 Å². The number of hydrogen-bond donors (Lipinski definition) is 0. The fourth-order valence-electron chi connectivity index (χ4n) is 1.13. The fourth-order valence-corrected chi connectivity index (χ4v) is 1.13. The molecule has 0 amide bonds. The van der Waals surface area contributed by atoms with Crippen molar-refractivity contribution >= 4 is 11.5 Å². The number of nitro benzene ring substituents is 1. The molecule has 0 heterocycles. The lowest BCUT2D eigenvalue weighted by molar-refractivity contribution is -0.386. The summed E-state index contributed by atoms with van der Waals surface area (Å²) in [6.45, 7) is 1.17. The van der Waals surface area contributed by atoms with Crippen LogP contribution in [-0.2, 0) is 0 Å². The lowest BCUT2D eigenvalue weighted by atomic mass is 10.1. The van der Waals surface area contributed by atoms with Crippen molar-refractivity contribution in [2.24, 2.45) is 0 Å². The van der Waals surface area contributed by atoms with E-state index in [0.29, 0.717) is 0 Å². The van der Waals surface area contributed by atoms with Gasteiger partial charge in [0.05, 0.1) is 12.0 Å². The number of benzene rings is 1. The van der Waals surface area contributed by atoms with Gasteiger partial charge >= 0.3 is 5.69 Å². The Morgan fingerprint density at radius 1 is 1.47 bits per heavy atom. The van der Waals surface area contributed by atoms with Crippen LogP contribution in [0.25, 0.3) is 0 Å². The van der Waals surface area contributed by atoms with Gasteiger partial charge in [0.15, 0.2) is 11.5 Å². The quantitative estimate of drug-likeness (QED) is 0.419. The van der Waals surface area contributed by atoms with E-state index in [0.717, 1.165) is 12.1 Å². The molecule has 0 bridgehead atoms. The second kappa shape index (κ2) is 3.95. The summed E-state index contributed by atoms with van der Waals surface area (Å²) in [5.74, 6) is -1.23. The summed E-state index contributed by atoms with van der Waals surface area (Å²) in [5.41, 5.74) is -0.593. The second-order valence-corrected chi connectivity index (χ2v) is 2.83. The lowest BCUT2D eigenvalue weighted by Gasteiger charge is -2.12. The van der Waals surface area contributed by atoms with Crippen LogP contribution < -0.4 is 9.84 Å². The van der Waals surface area contributed by atoms with Gasteiger partial charge < -0.3 is 9.84 Å². The molecule has 0 saturated heterocycles. The second-order valence-electron chi connectivity index (χ2n) is 2.83. The maximum absolute atomic E-state index is 11.3. The number of carbonyl (C=O) groups excluding carboxylic acids is 1. The smallest absolute Gasteiger partial charge is 0.311 e. The molecule has 0 spiro atoms. The Morgan fingerprint density at radius 3 is 2.47 bits per heavy atom. The number of hydrogen-bond acceptors (Lipinski definition) is 5. The average Bonchev–Trinajstić information content (AvgIpc) is 2.16. The number of rotatable bonds is 3. The minimum Gasteiger partial charge on any atom is -0.872 e. The Labute approximate surface area is 85.2 Å². The van der Waals surface area contributed by atoms with Crippen LogP contribution in [0.3, 0.4) is 0 Å². The van der Waals surface area contributed by atoms with Gasteiger partial charge in [-0.25, -0.2) is 0 Å². The number of nitrogens with zero attached hydrogens (tertiary/aromatic N) is 1. The van der Waals surface area contributed by atoms with Crippen molar-refractivity contribution in [3.8, 4) is 11.5 Å². The number of nitro groups is 1. The molecule has 0 fully saturated rings. The van der Waals surface area contributed by atoms with E-state index in [1.165, 1.54) is 14.0 Å². The van der Waals surface area contributed by atoms with Crippen LogP contribution >= 0.6 is 0 Å². The summed E-state index contributed by atoms with van der Waals surface area (Å²) < 4.78 is 4.67. The Morgan fingerprint density at radius 2 is 2.07 bits per heavy atom. The van der Waals surface area contributed by atoms with E-state index in [1.807, 2.05) is 0 Å². The molecule has 6 nitrogen and oxygen atoms in total. The lowest BCUT2D eigenvalue weighted by Crippen LogP contribution is -2.04. The third-order valence-electron chi connectivity index (χ3n) is 1.86. The van der Waals surface area contributed by atoms with E-state index in [9.17, 15) is 20.0 Å². The number of Topliss-reactive ketones (excluding diaryl/α,β-unsaturated/α-hetero) is 1. The summed E-state index contributed by atoms with van der Waals surface area (Å²) in [6.07, 6.45) is 0. The van der Waals surface area contributed by atoms with Crippen LogP contribution in [0.4, 0.5) is 5.69 Å². The van der Waals surface area contributed by atoms with E-state index < -0.39 is 16.5 Å². The number of carbonyl (C=O) groups is 1. The van der Waals surface area contributed by atoms with Gasteiger partial charge in [-0.2, -0.15) is 0 Å². The van der Waals surface area contributed by atoms with Crippen LogP contribution in [-0.4, -0.2) is 17.8 Å². The Balaban J connectivity index is 3.43. The first kappa shape index (κ1) is 11.0. The largest absolute Gasteiger partial charge is 0.872 e. The molecule has 1 rings (SSSR count). The van der Waals surface area contributed by atoms with Gasteiger partial charge in [0, 0.05) is 11.6 Å². The Hall–Kier alpha value is -2.11. The number of methoxy groups -OCH3 is 1. The minimum atomic E-state index is -0.704. The maximum atomic E-state index is 11.3. The van der Waals surface area contributed by atoms with Crippen LogP contribution in [0.2, 0.25) is 0 Å². The zero-order chi connectivity index (χ0) is 11.6. The van der Waals surface area contributed by atoms with E-state index in [1.54, 1.807) is 0 Å². The molecule has 0 aromatic heterocycles. The van der Waals surface area contributed by atoms with Gasteiger partial charge in [-0.05, 0) is 13.0 Å². The van der Waals surface area contributed by atoms with E-state index >= 15 is 0 Å². The molecule has 80 valence electrons. The van der Waals surface area contributed by atoms with Crippen molar-refractivity contribution in [1.29, 1.82) is 0 Å². The van der Waals surface area contributed by atoms with Crippen molar-refractivity contribution in [1.82, 2.24) is 0 Å². The first-order valence-electron chi connectivity index (χ1n) is 4.01. The predicted molar refractivity (Wildman–Crippen MR) is 49.1 cm³/mol. The standard InChI is InChI=1S/C9H9NO5/c1-5(11)6-3-7(10(13)14)9(15-2)4-8(6)12/h3-4,12H,1-2H3/p-1. The topological polar surface area (TPSA) is 92.5 Å². The van der Waals surface area contributed by atoms with Gasteiger partial charge in [0.25, 0.3) is 0 Å². The summed E-state index contributed by atoms with van der Waals surface area (Å²) in [5, 5.41) is 21.9. The van der Waals surface area contributed by atoms with Gasteiger partial charge in [-0.1, -0.05) is 5.75 Å². The third kappa shape index (κ3) is 2.04. The number of ether oxygens (including phenoxy) is 1. The average molecular weight is 210 g/mol. The summed E-state index contributed by atoms with van der Waals surface area (Å²) >= 11 is 0. The molecule has 0 unspecified atom stereocenters. The molecule has 0 aliphatic heterocycles. The van der Waals surface area contributed by atoms with Crippen LogP contribution in [0.15, 0.2) is 12.1 Å². The van der Waals surface area contributed by atoms with Crippen molar-refractivity contribution in [2.75, 3.05) is 7.11 Å². The maximum Gasteiger partial charge on any atom is 0.311 e. The van der Waals surface area contributed by atoms with Crippen LogP contribution in [0.5, 0.6) is 11.5 Å². The van der Waals surface area contributed by atoms with Crippen LogP contribution in [0.1, 0.15) is 17.3 Å². The highest BCUT2D eigenvalue weighted by atomic mass is 16.6. The van der Waals surface area contributed by atoms with Gasteiger partial charge in [-0.3, -0.25) is 14.9 Å². The molecule has 1 aromatic rings. The summed E-state index contributed by atoms with van der Waals surface area (Å²) in [7, 11) is 1.22. The van der Waals surface area contributed by atoms with Crippen molar-refractivity contribution in [3.05, 3.63) is 27.8 Å². The Kier molecular flexibility index (Phi) is 2.89. The van der Waals surface area contributed by atoms with Gasteiger partial charge in [0.2, 0.25) is 0 Å². The molecule has 0 aliphatic carbocycles. The fraction of sp³-hybridized carbons (Fsp3) is 0.222. The highest BCUT2D eigenvalue weighted by Crippen LogP contribution is 2.32. The molecule has 6 heteroatoms. The molecular weight excluding hydrogens is 202 g/mol. The minimum absolute atomic E-state index is 0.144. The predicted octanol–water partition coefficient (Wildman–Crippen LogP) is 0.880. The van der Waals surface area contributed by atoms with Gasteiger partial charge in [0.1, 0.15) is 0 Å². The van der Waals surface area contributed by atoms with Crippen molar-refractivity contribution < 1.29 is 19.6 Å². The first-order valence-corrected chi connectivity index (χ1v) is 4.01. The molecule has 0 N–H and O–H groups in total. The zero-order valence-electron chi connectivity index (χ0n) is 8.14. The monoisotopic (exact) mass is 210 g/mol. The summed E-state index contributed by atoms with van der Waals surface area (Å²) in [6, 6.07) is 1.87. The molecule has 0 atom stereocenters. The first-order chi connectivity index (χ1) is 6.97. The van der Waals surface area contributed by atoms with Crippen molar-refractivity contribution in [2.45, 2.75) is 6.92 Å². The molecule has 0 radical (unpaired) electrons. The molecule has 0 aliphatic rings. The number of ketones is 1. The summed E-state index contributed by atoms with van der Waals surface area (Å²) in [4.78, 5) is 20.9. The molecular formula is C9H8NO5-. The van der Waals surface area contributed by atoms with E-state index in [2.05, 4.69) is 4.74 Å². The molecule has 0 saturated carbocycles. The highest BCUT2D eigenvalue weighted by Gasteiger charge is 2.17. The highest BCUT2D eigenvalue weighted by molar-refractivity contribution is 5.97. The zero-order valence-corrected chi connectivity index (χ0v) is 8.14. The van der Waals surface area contributed by atoms with Crippen molar-refractivity contribution in [3.63, 3.8) is 0 Å². The SMILES string of the molecule is COc1cc([O-])c(C(C)=O)cc1[N+](=O)[O-]. The molecule has 1 aromatic carbocycles. The van der Waals surface area contributed by atoms with Crippen LogP contribution in [0, 0.1) is 10.1 Å². The third-order valence-corrected chi connectivity index (χ3v) is 1.86. The van der Waals surface area contributed by atoms with Gasteiger partial charge in [-0.15, -0.1) is 0 Å². The Bertz CT molecular complexity index is 427. The normalized spacial score (nSPS) is 9.73.